The monoisotopic (exact) mass is 262 g/mol. The standard InChI is InChI=1S/C15H19ClN2/c1-10-13(16)7-6-12-11-4-2-3-5-14(11)18(9-8-17)15(10)12/h6-7H,2-5,8-9,17H2,1H3. The van der Waals surface area contributed by atoms with Crippen LogP contribution in [0.15, 0.2) is 12.1 Å². The molecule has 2 aromatic rings. The number of aryl methyl sites for hydroxylation is 2. The van der Waals surface area contributed by atoms with E-state index in [1.54, 1.807) is 0 Å². The summed E-state index contributed by atoms with van der Waals surface area (Å²) in [5, 5.41) is 2.25. The predicted molar refractivity (Wildman–Crippen MR) is 77.4 cm³/mol. The number of benzene rings is 1. The Kier molecular flexibility index (Phi) is 3.08. The SMILES string of the molecule is Cc1c(Cl)ccc2c3c(n(CCN)c12)CCCC3. The second kappa shape index (κ2) is 4.60. The Hall–Kier alpha value is -0.990. The number of hydrogen-bond acceptors (Lipinski definition) is 1. The molecule has 0 saturated heterocycles. The van der Waals surface area contributed by atoms with Crippen LogP contribution in [0.1, 0.15) is 29.7 Å². The van der Waals surface area contributed by atoms with Crippen LogP contribution < -0.4 is 5.73 Å². The molecular weight excluding hydrogens is 244 g/mol. The largest absolute Gasteiger partial charge is 0.343 e. The van der Waals surface area contributed by atoms with Gasteiger partial charge in [0.05, 0.1) is 5.52 Å². The Morgan fingerprint density at radius 3 is 2.83 bits per heavy atom. The summed E-state index contributed by atoms with van der Waals surface area (Å²) in [6.45, 7) is 3.69. The molecule has 1 aromatic heterocycles. The fourth-order valence-corrected chi connectivity index (χ4v) is 3.41. The van der Waals surface area contributed by atoms with Gasteiger partial charge in [-0.05, 0) is 49.8 Å². The van der Waals surface area contributed by atoms with E-state index >= 15 is 0 Å². The lowest BCUT2D eigenvalue weighted by atomic mass is 9.95. The molecule has 3 heteroatoms. The molecule has 0 atom stereocenters. The molecule has 0 spiro atoms. The lowest BCUT2D eigenvalue weighted by Crippen LogP contribution is -2.14. The van der Waals surface area contributed by atoms with Crippen molar-refractivity contribution in [1.29, 1.82) is 0 Å². The number of fused-ring (bicyclic) bond motifs is 3. The second-order valence-electron chi connectivity index (χ2n) is 5.14. The van der Waals surface area contributed by atoms with Gasteiger partial charge in [-0.15, -0.1) is 0 Å². The molecule has 1 heterocycles. The Bertz CT molecular complexity index is 598. The molecule has 0 fully saturated rings. The molecule has 18 heavy (non-hydrogen) atoms. The van der Waals surface area contributed by atoms with E-state index in [2.05, 4.69) is 17.6 Å². The first-order chi connectivity index (χ1) is 8.74. The van der Waals surface area contributed by atoms with E-state index in [-0.39, 0.29) is 0 Å². The summed E-state index contributed by atoms with van der Waals surface area (Å²) < 4.78 is 2.41. The van der Waals surface area contributed by atoms with E-state index in [0.717, 1.165) is 11.6 Å². The minimum atomic E-state index is 0.683. The predicted octanol–water partition coefficient (Wildman–Crippen LogP) is 3.44. The van der Waals surface area contributed by atoms with E-state index in [9.17, 15) is 0 Å². The number of hydrogen-bond donors (Lipinski definition) is 1. The maximum Gasteiger partial charge on any atom is 0.0530 e. The van der Waals surface area contributed by atoms with Crippen molar-refractivity contribution in [2.24, 2.45) is 5.73 Å². The molecule has 1 aliphatic rings. The fourth-order valence-electron chi connectivity index (χ4n) is 3.26. The molecule has 0 radical (unpaired) electrons. The lowest BCUT2D eigenvalue weighted by molar-refractivity contribution is 0.617. The molecule has 2 nitrogen and oxygen atoms in total. The molecule has 0 bridgehead atoms. The maximum absolute atomic E-state index is 6.28. The minimum Gasteiger partial charge on any atom is -0.343 e. The van der Waals surface area contributed by atoms with E-state index in [1.165, 1.54) is 53.4 Å². The highest BCUT2D eigenvalue weighted by Crippen LogP contribution is 2.35. The fraction of sp³-hybridized carbons (Fsp3) is 0.467. The van der Waals surface area contributed by atoms with Crippen LogP contribution in [0.25, 0.3) is 10.9 Å². The van der Waals surface area contributed by atoms with Crippen LogP contribution in [-0.2, 0) is 19.4 Å². The highest BCUT2D eigenvalue weighted by molar-refractivity contribution is 6.32. The van der Waals surface area contributed by atoms with Crippen molar-refractivity contribution in [3.8, 4) is 0 Å². The molecule has 96 valence electrons. The highest BCUT2D eigenvalue weighted by Gasteiger charge is 2.21. The Balaban J connectivity index is 2.36. The lowest BCUT2D eigenvalue weighted by Gasteiger charge is -2.15. The van der Waals surface area contributed by atoms with Crippen molar-refractivity contribution in [3.63, 3.8) is 0 Å². The molecule has 1 aromatic carbocycles. The van der Waals surface area contributed by atoms with Crippen LogP contribution >= 0.6 is 11.6 Å². The average Bonchev–Trinajstić information content (AvgIpc) is 2.70. The summed E-state index contributed by atoms with van der Waals surface area (Å²) in [4.78, 5) is 0. The van der Waals surface area contributed by atoms with Crippen LogP contribution in [0.2, 0.25) is 5.02 Å². The minimum absolute atomic E-state index is 0.683. The van der Waals surface area contributed by atoms with Crippen LogP contribution in [0.4, 0.5) is 0 Å². The van der Waals surface area contributed by atoms with Gasteiger partial charge in [0.2, 0.25) is 0 Å². The summed E-state index contributed by atoms with van der Waals surface area (Å²) in [5.74, 6) is 0. The molecule has 0 saturated carbocycles. The summed E-state index contributed by atoms with van der Waals surface area (Å²) in [7, 11) is 0. The van der Waals surface area contributed by atoms with Gasteiger partial charge in [0.1, 0.15) is 0 Å². The first-order valence-electron chi connectivity index (χ1n) is 6.73. The smallest absolute Gasteiger partial charge is 0.0530 e. The first-order valence-corrected chi connectivity index (χ1v) is 7.11. The van der Waals surface area contributed by atoms with E-state index in [0.29, 0.717) is 6.54 Å². The summed E-state index contributed by atoms with van der Waals surface area (Å²) in [5.41, 5.74) is 11.3. The van der Waals surface area contributed by atoms with Crippen molar-refractivity contribution in [3.05, 3.63) is 34.0 Å². The highest BCUT2D eigenvalue weighted by atomic mass is 35.5. The van der Waals surface area contributed by atoms with Crippen molar-refractivity contribution in [2.45, 2.75) is 39.2 Å². The zero-order valence-electron chi connectivity index (χ0n) is 10.8. The third-order valence-corrected chi connectivity index (χ3v) is 4.49. The van der Waals surface area contributed by atoms with E-state index < -0.39 is 0 Å². The van der Waals surface area contributed by atoms with Crippen LogP contribution in [0.3, 0.4) is 0 Å². The Morgan fingerprint density at radius 1 is 1.28 bits per heavy atom. The molecule has 0 amide bonds. The van der Waals surface area contributed by atoms with Crippen molar-refractivity contribution >= 4 is 22.5 Å². The average molecular weight is 263 g/mol. The van der Waals surface area contributed by atoms with Gasteiger partial charge in [-0.1, -0.05) is 17.7 Å². The quantitative estimate of drug-likeness (QED) is 0.883. The third-order valence-electron chi connectivity index (χ3n) is 4.08. The molecule has 0 unspecified atom stereocenters. The summed E-state index contributed by atoms with van der Waals surface area (Å²) in [6.07, 6.45) is 4.97. The summed E-state index contributed by atoms with van der Waals surface area (Å²) in [6, 6.07) is 4.21. The topological polar surface area (TPSA) is 30.9 Å². The van der Waals surface area contributed by atoms with Gasteiger partial charge in [0.25, 0.3) is 0 Å². The van der Waals surface area contributed by atoms with Crippen molar-refractivity contribution < 1.29 is 0 Å². The number of rotatable bonds is 2. The van der Waals surface area contributed by atoms with Gasteiger partial charge >= 0.3 is 0 Å². The van der Waals surface area contributed by atoms with Gasteiger partial charge in [-0.25, -0.2) is 0 Å². The number of nitrogens with two attached hydrogens (primary N) is 1. The zero-order valence-corrected chi connectivity index (χ0v) is 11.6. The molecular formula is C15H19ClN2. The molecule has 3 rings (SSSR count). The van der Waals surface area contributed by atoms with Crippen LogP contribution in [0.5, 0.6) is 0 Å². The third kappa shape index (κ3) is 1.67. The van der Waals surface area contributed by atoms with E-state index in [4.69, 9.17) is 17.3 Å². The number of halogens is 1. The molecule has 2 N–H and O–H groups in total. The van der Waals surface area contributed by atoms with Gasteiger partial charge < -0.3 is 10.3 Å². The van der Waals surface area contributed by atoms with E-state index in [1.807, 2.05) is 6.07 Å². The normalized spacial score (nSPS) is 15.1. The van der Waals surface area contributed by atoms with Crippen molar-refractivity contribution in [1.82, 2.24) is 4.57 Å². The van der Waals surface area contributed by atoms with Crippen LogP contribution in [-0.4, -0.2) is 11.1 Å². The summed E-state index contributed by atoms with van der Waals surface area (Å²) >= 11 is 6.28. The van der Waals surface area contributed by atoms with Crippen molar-refractivity contribution in [2.75, 3.05) is 6.54 Å². The van der Waals surface area contributed by atoms with Gasteiger partial charge in [0, 0.05) is 29.2 Å². The van der Waals surface area contributed by atoms with Crippen LogP contribution in [0, 0.1) is 6.92 Å². The van der Waals surface area contributed by atoms with Gasteiger partial charge in [-0.3, -0.25) is 0 Å². The zero-order chi connectivity index (χ0) is 12.7. The van der Waals surface area contributed by atoms with Gasteiger partial charge in [-0.2, -0.15) is 0 Å². The molecule has 0 aliphatic heterocycles. The number of aromatic nitrogens is 1. The maximum atomic E-state index is 6.28. The van der Waals surface area contributed by atoms with Gasteiger partial charge in [0.15, 0.2) is 0 Å². The first kappa shape index (κ1) is 12.1. The second-order valence-corrected chi connectivity index (χ2v) is 5.55. The Labute approximate surface area is 113 Å². The molecule has 1 aliphatic carbocycles. The number of nitrogens with zero attached hydrogens (tertiary/aromatic N) is 1. The Morgan fingerprint density at radius 2 is 2.06 bits per heavy atom.